The fourth-order valence-corrected chi connectivity index (χ4v) is 3.12. The van der Waals surface area contributed by atoms with E-state index in [0.717, 1.165) is 45.3 Å². The number of ether oxygens (including phenoxy) is 2. The molecule has 27 heavy (non-hydrogen) atoms. The maximum Gasteiger partial charge on any atom is 0.157 e. The summed E-state index contributed by atoms with van der Waals surface area (Å²) in [6.07, 6.45) is 23.5. The van der Waals surface area contributed by atoms with Gasteiger partial charge in [0.2, 0.25) is 0 Å². The van der Waals surface area contributed by atoms with Crippen molar-refractivity contribution < 1.29 is 14.6 Å². The summed E-state index contributed by atoms with van der Waals surface area (Å²) in [6.45, 7) is 6.44. The molecule has 0 radical (unpaired) electrons. The number of allylic oxidation sites excluding steroid dienone is 1. The predicted octanol–water partition coefficient (Wildman–Crippen LogP) is 7.18. The van der Waals surface area contributed by atoms with Gasteiger partial charge in [0.05, 0.1) is 0 Å². The highest BCUT2D eigenvalue weighted by Crippen LogP contribution is 2.13. The van der Waals surface area contributed by atoms with Crippen LogP contribution in [0.3, 0.4) is 0 Å². The SMILES string of the molecule is CCCCCCCOC(CCCCC/C=C/CCO)OCCCCCCC. The lowest BCUT2D eigenvalue weighted by Crippen LogP contribution is -2.19. The van der Waals surface area contributed by atoms with Crippen LogP contribution in [0.25, 0.3) is 0 Å². The molecular formula is C24H48O3. The number of aliphatic hydroxyl groups excluding tert-OH is 1. The molecular weight excluding hydrogens is 336 g/mol. The lowest BCUT2D eigenvalue weighted by molar-refractivity contribution is -0.148. The van der Waals surface area contributed by atoms with E-state index >= 15 is 0 Å². The van der Waals surface area contributed by atoms with Gasteiger partial charge in [-0.05, 0) is 44.9 Å². The fourth-order valence-electron chi connectivity index (χ4n) is 3.12. The zero-order valence-electron chi connectivity index (χ0n) is 18.4. The Kier molecular flexibility index (Phi) is 23.3. The van der Waals surface area contributed by atoms with Crippen molar-refractivity contribution in [3.8, 4) is 0 Å². The Hall–Kier alpha value is -0.380. The first-order valence-electron chi connectivity index (χ1n) is 11.8. The van der Waals surface area contributed by atoms with Crippen molar-refractivity contribution in [1.82, 2.24) is 0 Å². The van der Waals surface area contributed by atoms with Crippen LogP contribution in [0.4, 0.5) is 0 Å². The first-order valence-corrected chi connectivity index (χ1v) is 11.8. The summed E-state index contributed by atoms with van der Waals surface area (Å²) < 4.78 is 12.1. The predicted molar refractivity (Wildman–Crippen MR) is 117 cm³/mol. The summed E-state index contributed by atoms with van der Waals surface area (Å²) in [4.78, 5) is 0. The number of rotatable bonds is 22. The molecule has 0 aliphatic rings. The van der Waals surface area contributed by atoms with Gasteiger partial charge in [-0.3, -0.25) is 0 Å². The Bertz CT molecular complexity index is 275. The number of aliphatic hydroxyl groups is 1. The van der Waals surface area contributed by atoms with E-state index in [0.29, 0.717) is 0 Å². The molecule has 0 aliphatic carbocycles. The molecule has 0 rings (SSSR count). The number of hydrogen-bond donors (Lipinski definition) is 1. The zero-order chi connectivity index (χ0) is 19.8. The molecule has 0 atom stereocenters. The van der Waals surface area contributed by atoms with Gasteiger partial charge in [0.1, 0.15) is 0 Å². The average molecular weight is 385 g/mol. The van der Waals surface area contributed by atoms with Crippen LogP contribution in [0, 0.1) is 0 Å². The quantitative estimate of drug-likeness (QED) is 0.122. The molecule has 0 aromatic rings. The van der Waals surface area contributed by atoms with Crippen molar-refractivity contribution in [3.05, 3.63) is 12.2 Å². The molecule has 0 aromatic carbocycles. The van der Waals surface area contributed by atoms with Crippen LogP contribution in [0.2, 0.25) is 0 Å². The van der Waals surface area contributed by atoms with Crippen molar-refractivity contribution in [2.45, 2.75) is 123 Å². The molecule has 0 heterocycles. The first kappa shape index (κ1) is 26.6. The van der Waals surface area contributed by atoms with E-state index in [1.807, 2.05) is 0 Å². The van der Waals surface area contributed by atoms with Gasteiger partial charge in [-0.15, -0.1) is 0 Å². The molecule has 0 fully saturated rings. The van der Waals surface area contributed by atoms with E-state index in [1.54, 1.807) is 0 Å². The van der Waals surface area contributed by atoms with Gasteiger partial charge in [-0.2, -0.15) is 0 Å². The van der Waals surface area contributed by atoms with Crippen LogP contribution in [-0.4, -0.2) is 31.2 Å². The normalized spacial score (nSPS) is 11.9. The van der Waals surface area contributed by atoms with Crippen molar-refractivity contribution in [1.29, 1.82) is 0 Å². The van der Waals surface area contributed by atoms with Crippen LogP contribution in [-0.2, 0) is 9.47 Å². The van der Waals surface area contributed by atoms with Crippen molar-refractivity contribution in [2.75, 3.05) is 19.8 Å². The second-order valence-corrected chi connectivity index (χ2v) is 7.62. The molecule has 162 valence electrons. The second-order valence-electron chi connectivity index (χ2n) is 7.62. The maximum absolute atomic E-state index is 8.75. The van der Waals surface area contributed by atoms with Crippen molar-refractivity contribution in [3.63, 3.8) is 0 Å². The van der Waals surface area contributed by atoms with Gasteiger partial charge in [-0.25, -0.2) is 0 Å². The summed E-state index contributed by atoms with van der Waals surface area (Å²) in [5, 5.41) is 8.75. The van der Waals surface area contributed by atoms with Crippen LogP contribution in [0.1, 0.15) is 117 Å². The Morgan fingerprint density at radius 1 is 0.630 bits per heavy atom. The van der Waals surface area contributed by atoms with Crippen molar-refractivity contribution in [2.24, 2.45) is 0 Å². The third-order valence-electron chi connectivity index (χ3n) is 4.88. The smallest absolute Gasteiger partial charge is 0.157 e. The summed E-state index contributed by atoms with van der Waals surface area (Å²) in [5.41, 5.74) is 0. The van der Waals surface area contributed by atoms with Gasteiger partial charge in [-0.1, -0.05) is 83.8 Å². The Morgan fingerprint density at radius 3 is 1.70 bits per heavy atom. The molecule has 0 spiro atoms. The summed E-state index contributed by atoms with van der Waals surface area (Å²) in [5.74, 6) is 0. The lowest BCUT2D eigenvalue weighted by atomic mass is 10.1. The molecule has 0 amide bonds. The Labute approximate surface area is 169 Å². The molecule has 0 unspecified atom stereocenters. The molecule has 0 aliphatic heterocycles. The maximum atomic E-state index is 8.75. The van der Waals surface area contributed by atoms with Crippen molar-refractivity contribution >= 4 is 0 Å². The van der Waals surface area contributed by atoms with E-state index < -0.39 is 0 Å². The minimum absolute atomic E-state index is 0.00715. The van der Waals surface area contributed by atoms with Crippen LogP contribution in [0.5, 0.6) is 0 Å². The highest BCUT2D eigenvalue weighted by Gasteiger charge is 2.09. The highest BCUT2D eigenvalue weighted by atomic mass is 16.7. The standard InChI is InChI=1S/C24H48O3/c1-3-5-7-14-18-22-26-24(27-23-19-15-8-6-4-2)20-16-12-10-9-11-13-17-21-25/h11,13,24-25H,3-10,12,14-23H2,1-2H3/b13-11+. The summed E-state index contributed by atoms with van der Waals surface area (Å²) >= 11 is 0. The van der Waals surface area contributed by atoms with E-state index in [4.69, 9.17) is 14.6 Å². The zero-order valence-corrected chi connectivity index (χ0v) is 18.4. The summed E-state index contributed by atoms with van der Waals surface area (Å²) in [6, 6.07) is 0. The minimum Gasteiger partial charge on any atom is -0.396 e. The number of hydrogen-bond acceptors (Lipinski definition) is 3. The van der Waals surface area contributed by atoms with Gasteiger partial charge in [0, 0.05) is 19.8 Å². The largest absolute Gasteiger partial charge is 0.396 e. The van der Waals surface area contributed by atoms with E-state index in [2.05, 4.69) is 26.0 Å². The molecule has 0 saturated heterocycles. The monoisotopic (exact) mass is 384 g/mol. The van der Waals surface area contributed by atoms with E-state index in [9.17, 15) is 0 Å². The topological polar surface area (TPSA) is 38.7 Å². The summed E-state index contributed by atoms with van der Waals surface area (Å²) in [7, 11) is 0. The van der Waals surface area contributed by atoms with Crippen LogP contribution >= 0.6 is 0 Å². The van der Waals surface area contributed by atoms with Crippen LogP contribution in [0.15, 0.2) is 12.2 Å². The van der Waals surface area contributed by atoms with Crippen LogP contribution < -0.4 is 0 Å². The molecule has 3 nitrogen and oxygen atoms in total. The van der Waals surface area contributed by atoms with E-state index in [1.165, 1.54) is 70.6 Å². The third-order valence-corrected chi connectivity index (χ3v) is 4.88. The van der Waals surface area contributed by atoms with E-state index in [-0.39, 0.29) is 12.9 Å². The molecule has 0 bridgehead atoms. The van der Waals surface area contributed by atoms with Gasteiger partial charge in [0.25, 0.3) is 0 Å². The Balaban J connectivity index is 3.83. The molecule has 0 aromatic heterocycles. The van der Waals surface area contributed by atoms with Gasteiger partial charge in [0.15, 0.2) is 6.29 Å². The molecule has 1 N–H and O–H groups in total. The van der Waals surface area contributed by atoms with Gasteiger partial charge < -0.3 is 14.6 Å². The molecule has 0 saturated carbocycles. The lowest BCUT2D eigenvalue weighted by Gasteiger charge is -2.19. The Morgan fingerprint density at radius 2 is 1.15 bits per heavy atom. The fraction of sp³-hybridized carbons (Fsp3) is 0.917. The highest BCUT2D eigenvalue weighted by molar-refractivity contribution is 4.80. The molecule has 3 heteroatoms. The second kappa shape index (κ2) is 23.7. The number of unbranched alkanes of at least 4 members (excludes halogenated alkanes) is 11. The third kappa shape index (κ3) is 21.8. The first-order chi connectivity index (χ1) is 13.3. The minimum atomic E-state index is -0.00715. The van der Waals surface area contributed by atoms with Gasteiger partial charge >= 0.3 is 0 Å². The average Bonchev–Trinajstić information content (AvgIpc) is 2.68.